The van der Waals surface area contributed by atoms with Crippen molar-refractivity contribution in [1.29, 1.82) is 0 Å². The molecule has 0 amide bonds. The van der Waals surface area contributed by atoms with Gasteiger partial charge in [-0.25, -0.2) is 0 Å². The van der Waals surface area contributed by atoms with Gasteiger partial charge in [0.05, 0.1) is 16.3 Å². The quantitative estimate of drug-likeness (QED) is 0.452. The molecule has 4 rings (SSSR count). The molecule has 6 nitrogen and oxygen atoms in total. The zero-order chi connectivity index (χ0) is 19.0. The van der Waals surface area contributed by atoms with Crippen LogP contribution in [0.3, 0.4) is 0 Å². The Bertz CT molecular complexity index is 1100. The molecule has 0 aliphatic heterocycles. The van der Waals surface area contributed by atoms with Gasteiger partial charge in [-0.2, -0.15) is 18.2 Å². The first-order valence-corrected chi connectivity index (χ1v) is 8.90. The topological polar surface area (TPSA) is 69.1 Å². The van der Waals surface area contributed by atoms with Crippen molar-refractivity contribution in [2.45, 2.75) is 17.1 Å². The predicted octanol–water partition coefficient (Wildman–Crippen LogP) is 4.74. The number of alkyl halides is 3. The summed E-state index contributed by atoms with van der Waals surface area (Å²) < 4.78 is 45.4. The predicted molar refractivity (Wildman–Crippen MR) is 92.3 cm³/mol. The van der Waals surface area contributed by atoms with Gasteiger partial charge in [0, 0.05) is 11.8 Å². The molecule has 4 aromatic rings. The van der Waals surface area contributed by atoms with Crippen LogP contribution in [0, 0.1) is 0 Å². The summed E-state index contributed by atoms with van der Waals surface area (Å²) in [7, 11) is 0. The Kier molecular flexibility index (Phi) is 4.52. The lowest BCUT2D eigenvalue weighted by molar-refractivity contribution is -0.137. The molecular formula is C16H9ClF3N5OS. The Morgan fingerprint density at radius 2 is 1.93 bits per heavy atom. The lowest BCUT2D eigenvalue weighted by Gasteiger charge is -2.08. The van der Waals surface area contributed by atoms with Crippen LogP contribution >= 0.6 is 23.4 Å². The fraction of sp³-hybridized carbons (Fsp3) is 0.125. The van der Waals surface area contributed by atoms with Crippen molar-refractivity contribution in [1.82, 2.24) is 24.7 Å². The van der Waals surface area contributed by atoms with E-state index in [1.807, 2.05) is 30.3 Å². The standard InChI is InChI=1S/C16H9ClF3N5OS/c17-11-6-10(16(18,19)20)7-25-13(11)22-23-15(25)27-8-12-21-14(26-24-12)9-4-2-1-3-5-9/h1-7H,8H2. The first kappa shape index (κ1) is 17.8. The van der Waals surface area contributed by atoms with Crippen LogP contribution in [0.2, 0.25) is 5.02 Å². The Morgan fingerprint density at radius 1 is 1.15 bits per heavy atom. The zero-order valence-electron chi connectivity index (χ0n) is 13.3. The second kappa shape index (κ2) is 6.86. The lowest BCUT2D eigenvalue weighted by atomic mass is 10.2. The van der Waals surface area contributed by atoms with Crippen LogP contribution < -0.4 is 0 Å². The van der Waals surface area contributed by atoms with Gasteiger partial charge >= 0.3 is 6.18 Å². The number of aromatic nitrogens is 5. The second-order valence-electron chi connectivity index (χ2n) is 5.42. The highest BCUT2D eigenvalue weighted by Crippen LogP contribution is 2.33. The van der Waals surface area contributed by atoms with Crippen LogP contribution in [0.25, 0.3) is 17.1 Å². The Morgan fingerprint density at radius 3 is 2.67 bits per heavy atom. The summed E-state index contributed by atoms with van der Waals surface area (Å²) in [5, 5.41) is 11.7. The van der Waals surface area contributed by atoms with Crippen molar-refractivity contribution in [3.05, 3.63) is 59.0 Å². The molecule has 11 heteroatoms. The number of hydrogen-bond acceptors (Lipinski definition) is 6. The van der Waals surface area contributed by atoms with Gasteiger partial charge in [0.25, 0.3) is 5.89 Å². The molecule has 1 aromatic carbocycles. The summed E-state index contributed by atoms with van der Waals surface area (Å²) in [6, 6.07) is 10.0. The van der Waals surface area contributed by atoms with E-state index in [-0.39, 0.29) is 21.6 Å². The number of benzene rings is 1. The molecule has 0 atom stereocenters. The van der Waals surface area contributed by atoms with Gasteiger partial charge in [-0.05, 0) is 18.2 Å². The Balaban J connectivity index is 1.58. The van der Waals surface area contributed by atoms with Crippen LogP contribution in [-0.2, 0) is 11.9 Å². The normalized spacial score (nSPS) is 12.0. The van der Waals surface area contributed by atoms with E-state index >= 15 is 0 Å². The molecule has 0 saturated heterocycles. The van der Waals surface area contributed by atoms with E-state index in [4.69, 9.17) is 16.1 Å². The highest BCUT2D eigenvalue weighted by Gasteiger charge is 2.32. The second-order valence-corrected chi connectivity index (χ2v) is 6.77. The minimum atomic E-state index is -4.53. The van der Waals surface area contributed by atoms with E-state index in [2.05, 4.69) is 20.3 Å². The first-order chi connectivity index (χ1) is 12.9. The molecule has 0 N–H and O–H groups in total. The third-order valence-corrected chi connectivity index (χ3v) is 4.79. The van der Waals surface area contributed by atoms with E-state index in [0.29, 0.717) is 11.7 Å². The number of halogens is 4. The highest BCUT2D eigenvalue weighted by atomic mass is 35.5. The molecule has 0 fully saturated rings. The lowest BCUT2D eigenvalue weighted by Crippen LogP contribution is -2.07. The molecule has 0 aliphatic rings. The summed E-state index contributed by atoms with van der Waals surface area (Å²) in [5.41, 5.74) is 0.0357. The van der Waals surface area contributed by atoms with Crippen LogP contribution in [0.5, 0.6) is 0 Å². The van der Waals surface area contributed by atoms with E-state index in [9.17, 15) is 13.2 Å². The summed E-state index contributed by atoms with van der Waals surface area (Å²) >= 11 is 7.02. The van der Waals surface area contributed by atoms with Gasteiger partial charge in [0.1, 0.15) is 0 Å². The Hall–Kier alpha value is -2.59. The first-order valence-electron chi connectivity index (χ1n) is 7.54. The molecular weight excluding hydrogens is 403 g/mol. The molecule has 3 aromatic heterocycles. The number of pyridine rings is 1. The van der Waals surface area contributed by atoms with Crippen LogP contribution in [-0.4, -0.2) is 24.7 Å². The molecule has 138 valence electrons. The molecule has 0 unspecified atom stereocenters. The fourth-order valence-corrected chi connectivity index (χ4v) is 3.33. The maximum atomic E-state index is 13.0. The average molecular weight is 412 g/mol. The van der Waals surface area contributed by atoms with Gasteiger partial charge in [-0.15, -0.1) is 10.2 Å². The molecule has 27 heavy (non-hydrogen) atoms. The van der Waals surface area contributed by atoms with Gasteiger partial charge in [0.15, 0.2) is 16.6 Å². The van der Waals surface area contributed by atoms with Crippen LogP contribution in [0.15, 0.2) is 52.3 Å². The molecule has 0 radical (unpaired) electrons. The summed E-state index contributed by atoms with van der Waals surface area (Å²) in [5.74, 6) is 0.985. The smallest absolute Gasteiger partial charge is 0.334 e. The maximum absolute atomic E-state index is 13.0. The number of nitrogens with zero attached hydrogens (tertiary/aromatic N) is 5. The van der Waals surface area contributed by atoms with Crippen LogP contribution in [0.4, 0.5) is 13.2 Å². The largest absolute Gasteiger partial charge is 0.417 e. The van der Waals surface area contributed by atoms with Crippen LogP contribution in [0.1, 0.15) is 11.4 Å². The average Bonchev–Trinajstić information content (AvgIpc) is 3.27. The molecule has 0 bridgehead atoms. The number of fused-ring (bicyclic) bond motifs is 1. The summed E-state index contributed by atoms with van der Waals surface area (Å²) in [6.45, 7) is 0. The molecule has 0 spiro atoms. The van der Waals surface area contributed by atoms with E-state index in [1.54, 1.807) is 0 Å². The monoisotopic (exact) mass is 411 g/mol. The van der Waals surface area contributed by atoms with Gasteiger partial charge in [-0.3, -0.25) is 4.40 Å². The van der Waals surface area contributed by atoms with Crippen molar-refractivity contribution < 1.29 is 17.7 Å². The number of hydrogen-bond donors (Lipinski definition) is 0. The third kappa shape index (κ3) is 3.62. The van der Waals surface area contributed by atoms with E-state index in [0.717, 1.165) is 29.6 Å². The summed E-state index contributed by atoms with van der Waals surface area (Å²) in [6.07, 6.45) is -3.61. The van der Waals surface area contributed by atoms with E-state index < -0.39 is 11.7 Å². The third-order valence-electron chi connectivity index (χ3n) is 3.58. The van der Waals surface area contributed by atoms with E-state index in [1.165, 1.54) is 4.40 Å². The fourth-order valence-electron chi connectivity index (χ4n) is 2.33. The van der Waals surface area contributed by atoms with Crippen molar-refractivity contribution in [2.75, 3.05) is 0 Å². The van der Waals surface area contributed by atoms with Crippen molar-refractivity contribution in [3.8, 4) is 11.5 Å². The minimum absolute atomic E-state index is 0.130. The highest BCUT2D eigenvalue weighted by molar-refractivity contribution is 7.98. The maximum Gasteiger partial charge on any atom is 0.417 e. The van der Waals surface area contributed by atoms with Gasteiger partial charge in [-0.1, -0.05) is 46.7 Å². The SMILES string of the molecule is FC(F)(F)c1cc(Cl)c2nnc(SCc3noc(-c4ccccc4)n3)n2c1. The molecule has 3 heterocycles. The Labute approximate surface area is 159 Å². The zero-order valence-corrected chi connectivity index (χ0v) is 14.9. The van der Waals surface area contributed by atoms with Gasteiger partial charge < -0.3 is 4.52 Å². The minimum Gasteiger partial charge on any atom is -0.334 e. The van der Waals surface area contributed by atoms with Crippen molar-refractivity contribution in [2.24, 2.45) is 0 Å². The number of rotatable bonds is 4. The number of thioether (sulfide) groups is 1. The molecule has 0 aliphatic carbocycles. The van der Waals surface area contributed by atoms with Crippen molar-refractivity contribution in [3.63, 3.8) is 0 Å². The van der Waals surface area contributed by atoms with Gasteiger partial charge in [0.2, 0.25) is 0 Å². The van der Waals surface area contributed by atoms with Crippen molar-refractivity contribution >= 4 is 29.0 Å². The molecule has 0 saturated carbocycles. The summed E-state index contributed by atoms with van der Waals surface area (Å²) in [4.78, 5) is 4.27.